The zero-order valence-electron chi connectivity index (χ0n) is 34.9. The Morgan fingerprint density at radius 1 is 0.945 bits per heavy atom. The third-order valence-electron chi connectivity index (χ3n) is 17.4. The Morgan fingerprint density at radius 2 is 1.64 bits per heavy atom. The van der Waals surface area contributed by atoms with Crippen LogP contribution in [-0.2, 0) is 28.6 Å². The highest BCUT2D eigenvalue weighted by atomic mass is 16.7. The Bertz CT molecular complexity index is 1540. The summed E-state index contributed by atoms with van der Waals surface area (Å²) in [5.74, 6) is -2.03. The number of aliphatic hydroxyl groups excluding tert-OH is 4. The fraction of sp³-hybridized carbons (Fsp3) is 0.884. The van der Waals surface area contributed by atoms with Crippen LogP contribution in [0, 0.1) is 56.7 Å². The topological polar surface area (TPSA) is 184 Å². The van der Waals surface area contributed by atoms with Crippen LogP contribution in [0.5, 0.6) is 0 Å². The van der Waals surface area contributed by atoms with E-state index in [0.29, 0.717) is 17.8 Å². The second kappa shape index (κ2) is 14.6. The predicted octanol–water partition coefficient (Wildman–Crippen LogP) is 4.01. The third kappa shape index (κ3) is 6.33. The molecule has 16 atom stereocenters. The molecule has 4 saturated carbocycles. The Hall–Kier alpha value is -2.09. The standard InChI is InChI=1S/C43H70N2O10/c1-23-13-18-42(36(51)44-22-28(48)34(50)35-33(45-25(3)46)27(47)21-43(54-10,55-35)37(52)53-9)20-19-40(7)26(32(42)24(23)2)11-12-30-39(6)16-15-31(49)38(4,5)29(39)14-17-41(30,40)8/h11,23-24,27-35,47-50H,12-22H2,1-10H3,(H,44,51)(H,45,46)/t23-,24+,27+,28-,29+,30-,31+,32+,33-,34-,35-,39+,40-,41-,42+,43-/m1/s1. The van der Waals surface area contributed by atoms with Gasteiger partial charge >= 0.3 is 5.97 Å². The summed E-state index contributed by atoms with van der Waals surface area (Å²) in [6.45, 7) is 17.6. The molecule has 12 heteroatoms. The molecule has 12 nitrogen and oxygen atoms in total. The fourth-order valence-corrected chi connectivity index (χ4v) is 13.7. The van der Waals surface area contributed by atoms with Crippen molar-refractivity contribution in [1.29, 1.82) is 0 Å². The number of amides is 2. The van der Waals surface area contributed by atoms with Gasteiger partial charge in [0.2, 0.25) is 11.8 Å². The molecule has 0 bridgehead atoms. The van der Waals surface area contributed by atoms with Crippen LogP contribution in [-0.4, -0.2) is 101 Å². The normalized spacial score (nSPS) is 47.3. The molecule has 6 N–H and O–H groups in total. The van der Waals surface area contributed by atoms with Gasteiger partial charge in [-0.15, -0.1) is 0 Å². The van der Waals surface area contributed by atoms with E-state index in [2.05, 4.69) is 65.2 Å². The zero-order chi connectivity index (χ0) is 40.7. The van der Waals surface area contributed by atoms with Crippen molar-refractivity contribution in [3.63, 3.8) is 0 Å². The van der Waals surface area contributed by atoms with Gasteiger partial charge in [0.15, 0.2) is 0 Å². The van der Waals surface area contributed by atoms with Gasteiger partial charge in [0.25, 0.3) is 5.79 Å². The number of nitrogens with one attached hydrogen (secondary N) is 2. The van der Waals surface area contributed by atoms with Crippen molar-refractivity contribution in [2.45, 2.75) is 162 Å². The van der Waals surface area contributed by atoms with Crippen molar-refractivity contribution >= 4 is 17.8 Å². The van der Waals surface area contributed by atoms with E-state index in [0.717, 1.165) is 64.9 Å². The van der Waals surface area contributed by atoms with Crippen molar-refractivity contribution in [2.75, 3.05) is 20.8 Å². The molecule has 0 unspecified atom stereocenters. The van der Waals surface area contributed by atoms with E-state index in [4.69, 9.17) is 14.2 Å². The van der Waals surface area contributed by atoms with Gasteiger partial charge in [0.05, 0.1) is 36.9 Å². The van der Waals surface area contributed by atoms with Gasteiger partial charge in [-0.2, -0.15) is 0 Å². The third-order valence-corrected chi connectivity index (χ3v) is 17.4. The van der Waals surface area contributed by atoms with E-state index in [1.165, 1.54) is 19.6 Å². The van der Waals surface area contributed by atoms with Gasteiger partial charge in [-0.3, -0.25) is 9.59 Å². The summed E-state index contributed by atoms with van der Waals surface area (Å²) in [6.07, 6.45) is 3.95. The van der Waals surface area contributed by atoms with E-state index in [1.807, 2.05) is 0 Å². The number of esters is 1. The first-order chi connectivity index (χ1) is 25.6. The lowest BCUT2D eigenvalue weighted by Gasteiger charge is -2.71. The van der Waals surface area contributed by atoms with Crippen molar-refractivity contribution in [3.05, 3.63) is 11.6 Å². The fourth-order valence-electron chi connectivity index (χ4n) is 13.7. The molecular formula is C43H70N2O10. The summed E-state index contributed by atoms with van der Waals surface area (Å²) in [7, 11) is 2.34. The highest BCUT2D eigenvalue weighted by Crippen LogP contribution is 2.75. The largest absolute Gasteiger partial charge is 0.465 e. The van der Waals surface area contributed by atoms with Gasteiger partial charge < -0.3 is 45.3 Å². The Morgan fingerprint density at radius 3 is 2.27 bits per heavy atom. The number of aliphatic hydroxyl groups is 4. The lowest BCUT2D eigenvalue weighted by molar-refractivity contribution is -0.304. The lowest BCUT2D eigenvalue weighted by Crippen LogP contribution is -2.68. The first-order valence-corrected chi connectivity index (χ1v) is 20.9. The number of carbonyl (C=O) groups excluding carboxylic acids is 3. The maximum atomic E-state index is 14.8. The highest BCUT2D eigenvalue weighted by molar-refractivity contribution is 5.84. The van der Waals surface area contributed by atoms with Gasteiger partial charge in [-0.1, -0.05) is 60.1 Å². The Kier molecular flexibility index (Phi) is 11.3. The van der Waals surface area contributed by atoms with E-state index >= 15 is 0 Å². The van der Waals surface area contributed by atoms with E-state index in [9.17, 15) is 34.8 Å². The van der Waals surface area contributed by atoms with Crippen LogP contribution in [0.25, 0.3) is 0 Å². The summed E-state index contributed by atoms with van der Waals surface area (Å²) in [6, 6.07) is -1.18. The van der Waals surface area contributed by atoms with Crippen LogP contribution in [0.15, 0.2) is 11.6 Å². The van der Waals surface area contributed by atoms with Gasteiger partial charge in [0, 0.05) is 27.0 Å². The molecule has 1 aliphatic heterocycles. The molecule has 0 spiro atoms. The number of allylic oxidation sites excluding steroid dienone is 2. The molecule has 55 heavy (non-hydrogen) atoms. The molecule has 6 aliphatic rings. The SMILES string of the molecule is COC(=O)[C@@]1(OC)C[C@H](O)[C@@H](NC(C)=O)[C@H]([C@H](O)[C@H](O)CNC(=O)[C@]23CC[C@@H](C)[C@H](C)[C@H]2C2=CC[C@@H]4[C@@]5(C)CC[C@H](O)C(C)(C)[C@@H]5CC[C@@]4(C)[C@]2(C)CC3)O1. The van der Waals surface area contributed by atoms with E-state index in [1.54, 1.807) is 0 Å². The molecule has 0 aromatic heterocycles. The second-order valence-electron chi connectivity index (χ2n) is 20.0. The van der Waals surface area contributed by atoms with Crippen molar-refractivity contribution in [2.24, 2.45) is 56.7 Å². The van der Waals surface area contributed by atoms with E-state index in [-0.39, 0.29) is 58.5 Å². The second-order valence-corrected chi connectivity index (χ2v) is 20.0. The maximum Gasteiger partial charge on any atom is 0.366 e. The van der Waals surface area contributed by atoms with Crippen molar-refractivity contribution in [3.8, 4) is 0 Å². The minimum atomic E-state index is -2.08. The molecule has 5 aliphatic carbocycles. The van der Waals surface area contributed by atoms with Crippen LogP contribution in [0.2, 0.25) is 0 Å². The van der Waals surface area contributed by atoms with Crippen LogP contribution in [0.4, 0.5) is 0 Å². The van der Waals surface area contributed by atoms with Crippen LogP contribution in [0.3, 0.4) is 0 Å². The van der Waals surface area contributed by atoms with Crippen LogP contribution in [0.1, 0.15) is 120 Å². The quantitative estimate of drug-likeness (QED) is 0.156. The number of ether oxygens (including phenoxy) is 3. The molecule has 5 fully saturated rings. The Balaban J connectivity index is 1.26. The van der Waals surface area contributed by atoms with E-state index < -0.39 is 53.5 Å². The average molecular weight is 775 g/mol. The first-order valence-electron chi connectivity index (χ1n) is 20.9. The summed E-state index contributed by atoms with van der Waals surface area (Å²) in [5.41, 5.74) is 0.672. The number of carbonyl (C=O) groups is 3. The summed E-state index contributed by atoms with van der Waals surface area (Å²) in [4.78, 5) is 39.6. The summed E-state index contributed by atoms with van der Waals surface area (Å²) < 4.78 is 16.2. The molecule has 1 heterocycles. The summed E-state index contributed by atoms with van der Waals surface area (Å²) in [5, 5.41) is 50.7. The predicted molar refractivity (Wildman–Crippen MR) is 205 cm³/mol. The Labute approximate surface area is 327 Å². The molecule has 1 saturated heterocycles. The zero-order valence-corrected chi connectivity index (χ0v) is 34.9. The minimum absolute atomic E-state index is 0.0216. The average Bonchev–Trinajstić information content (AvgIpc) is 3.13. The molecule has 2 amide bonds. The van der Waals surface area contributed by atoms with Crippen LogP contribution < -0.4 is 10.6 Å². The maximum absolute atomic E-state index is 14.8. The smallest absolute Gasteiger partial charge is 0.366 e. The lowest BCUT2D eigenvalue weighted by atomic mass is 9.33. The van der Waals surface area contributed by atoms with Crippen LogP contribution >= 0.6 is 0 Å². The highest BCUT2D eigenvalue weighted by Gasteiger charge is 2.69. The molecular weight excluding hydrogens is 704 g/mol. The number of hydrogen-bond donors (Lipinski definition) is 6. The monoisotopic (exact) mass is 775 g/mol. The molecule has 0 aromatic rings. The number of hydrogen-bond acceptors (Lipinski definition) is 10. The van der Waals surface area contributed by atoms with Crippen molar-refractivity contribution in [1.82, 2.24) is 10.6 Å². The first kappa shape index (κ1) is 42.5. The molecule has 0 aromatic carbocycles. The molecule has 0 radical (unpaired) electrons. The van der Waals surface area contributed by atoms with Crippen molar-refractivity contribution < 1.29 is 49.0 Å². The number of fused-ring (bicyclic) bond motifs is 7. The van der Waals surface area contributed by atoms with Gasteiger partial charge in [-0.05, 0) is 109 Å². The summed E-state index contributed by atoms with van der Waals surface area (Å²) >= 11 is 0. The number of rotatable bonds is 8. The molecule has 312 valence electrons. The van der Waals surface area contributed by atoms with Gasteiger partial charge in [0.1, 0.15) is 12.2 Å². The van der Waals surface area contributed by atoms with Gasteiger partial charge in [-0.25, -0.2) is 4.79 Å². The minimum Gasteiger partial charge on any atom is -0.465 e. The number of methoxy groups -OCH3 is 2. The molecule has 6 rings (SSSR count).